The second-order valence-corrected chi connectivity index (χ2v) is 6.47. The topological polar surface area (TPSA) is 41.1 Å². The van der Waals surface area contributed by atoms with Crippen molar-refractivity contribution in [2.75, 3.05) is 19.6 Å². The highest BCUT2D eigenvalue weighted by atomic mass is 79.9. The van der Waals surface area contributed by atoms with Gasteiger partial charge >= 0.3 is 0 Å². The molecule has 1 fully saturated rings. The van der Waals surface area contributed by atoms with E-state index >= 15 is 0 Å². The maximum atomic E-state index is 11.8. The fourth-order valence-electron chi connectivity index (χ4n) is 1.85. The minimum Gasteiger partial charge on any atom is -0.351 e. The van der Waals surface area contributed by atoms with Gasteiger partial charge in [-0.25, -0.2) is 0 Å². The Bertz CT molecular complexity index is 361. The van der Waals surface area contributed by atoms with Crippen LogP contribution in [0.3, 0.4) is 0 Å². The predicted molar refractivity (Wildman–Crippen MR) is 69.9 cm³/mol. The van der Waals surface area contributed by atoms with Crippen molar-refractivity contribution >= 4 is 33.2 Å². The number of nitrogens with one attached hydrogen (secondary N) is 2. The van der Waals surface area contributed by atoms with Gasteiger partial charge in [0, 0.05) is 6.54 Å². The quantitative estimate of drug-likeness (QED) is 0.899. The maximum Gasteiger partial charge on any atom is 0.261 e. The summed E-state index contributed by atoms with van der Waals surface area (Å²) in [5.74, 6) is 0.683. The molecule has 0 unspecified atom stereocenters. The highest BCUT2D eigenvalue weighted by Gasteiger charge is 2.15. The Balaban J connectivity index is 1.79. The highest BCUT2D eigenvalue weighted by molar-refractivity contribution is 9.11. The molecule has 1 aliphatic heterocycles. The Hall–Kier alpha value is -0.390. The van der Waals surface area contributed by atoms with Crippen LogP contribution < -0.4 is 10.6 Å². The van der Waals surface area contributed by atoms with Gasteiger partial charge in [0.1, 0.15) is 0 Å². The molecular weight excluding hydrogens is 288 g/mol. The molecule has 5 heteroatoms. The molecule has 1 aliphatic rings. The molecule has 1 aromatic heterocycles. The smallest absolute Gasteiger partial charge is 0.261 e. The Morgan fingerprint density at radius 3 is 2.88 bits per heavy atom. The molecule has 0 radical (unpaired) electrons. The van der Waals surface area contributed by atoms with Gasteiger partial charge in [0.25, 0.3) is 5.91 Å². The molecule has 0 bridgehead atoms. The summed E-state index contributed by atoms with van der Waals surface area (Å²) in [4.78, 5) is 12.5. The van der Waals surface area contributed by atoms with E-state index in [4.69, 9.17) is 0 Å². The van der Waals surface area contributed by atoms with E-state index in [9.17, 15) is 4.79 Å². The number of carbonyl (C=O) groups excluding carboxylic acids is 1. The van der Waals surface area contributed by atoms with Crippen molar-refractivity contribution in [2.45, 2.75) is 12.8 Å². The number of hydrogen-bond acceptors (Lipinski definition) is 3. The average molecular weight is 303 g/mol. The lowest BCUT2D eigenvalue weighted by Gasteiger charge is -2.22. The molecule has 16 heavy (non-hydrogen) atoms. The van der Waals surface area contributed by atoms with E-state index in [-0.39, 0.29) is 5.91 Å². The van der Waals surface area contributed by atoms with Crippen LogP contribution in [-0.4, -0.2) is 25.5 Å². The van der Waals surface area contributed by atoms with Crippen LogP contribution in [0.4, 0.5) is 0 Å². The molecular formula is C11H15BrN2OS. The molecule has 0 atom stereocenters. The molecule has 2 rings (SSSR count). The van der Waals surface area contributed by atoms with Crippen LogP contribution in [0.1, 0.15) is 22.5 Å². The molecule has 2 N–H and O–H groups in total. The SMILES string of the molecule is O=C(NCC1CCNCC1)c1ccc(Br)s1. The van der Waals surface area contributed by atoms with Crippen LogP contribution in [0.2, 0.25) is 0 Å². The number of amides is 1. The van der Waals surface area contributed by atoms with Crippen LogP contribution >= 0.6 is 27.3 Å². The van der Waals surface area contributed by atoms with Crippen molar-refractivity contribution in [2.24, 2.45) is 5.92 Å². The van der Waals surface area contributed by atoms with Gasteiger partial charge in [-0.1, -0.05) is 0 Å². The van der Waals surface area contributed by atoms with Gasteiger partial charge in [0.2, 0.25) is 0 Å². The van der Waals surface area contributed by atoms with Crippen molar-refractivity contribution < 1.29 is 4.79 Å². The van der Waals surface area contributed by atoms with Crippen molar-refractivity contribution in [1.29, 1.82) is 0 Å². The first-order valence-electron chi connectivity index (χ1n) is 5.50. The Morgan fingerprint density at radius 2 is 2.25 bits per heavy atom. The van der Waals surface area contributed by atoms with Gasteiger partial charge in [0.05, 0.1) is 8.66 Å². The number of carbonyl (C=O) groups is 1. The third-order valence-corrected chi connectivity index (χ3v) is 4.43. The summed E-state index contributed by atoms with van der Waals surface area (Å²) in [6.45, 7) is 2.95. The van der Waals surface area contributed by atoms with E-state index in [0.29, 0.717) is 5.92 Å². The lowest BCUT2D eigenvalue weighted by molar-refractivity contribution is 0.0948. The summed E-state index contributed by atoms with van der Waals surface area (Å²) in [6.07, 6.45) is 2.32. The van der Waals surface area contributed by atoms with Gasteiger partial charge in [-0.05, 0) is 59.9 Å². The highest BCUT2D eigenvalue weighted by Crippen LogP contribution is 2.22. The van der Waals surface area contributed by atoms with Crippen molar-refractivity contribution in [1.82, 2.24) is 10.6 Å². The van der Waals surface area contributed by atoms with Crippen LogP contribution in [0.5, 0.6) is 0 Å². The first kappa shape index (κ1) is 12.1. The minimum absolute atomic E-state index is 0.0502. The number of piperidine rings is 1. The maximum absolute atomic E-state index is 11.8. The number of hydrogen-bond donors (Lipinski definition) is 2. The molecule has 0 saturated carbocycles. The monoisotopic (exact) mass is 302 g/mol. The van der Waals surface area contributed by atoms with Gasteiger partial charge in [-0.3, -0.25) is 4.79 Å². The van der Waals surface area contributed by atoms with Gasteiger partial charge in [-0.2, -0.15) is 0 Å². The first-order valence-corrected chi connectivity index (χ1v) is 7.11. The fourth-order valence-corrected chi connectivity index (χ4v) is 3.15. The Labute approximate surface area is 108 Å². The van der Waals surface area contributed by atoms with Crippen LogP contribution in [0.15, 0.2) is 15.9 Å². The van der Waals surface area contributed by atoms with E-state index in [2.05, 4.69) is 26.6 Å². The summed E-state index contributed by atoms with van der Waals surface area (Å²) >= 11 is 4.83. The molecule has 0 spiro atoms. The fraction of sp³-hybridized carbons (Fsp3) is 0.545. The zero-order chi connectivity index (χ0) is 11.4. The molecule has 1 aromatic rings. The zero-order valence-corrected chi connectivity index (χ0v) is 11.4. The second kappa shape index (κ2) is 5.80. The Morgan fingerprint density at radius 1 is 1.50 bits per heavy atom. The summed E-state index contributed by atoms with van der Waals surface area (Å²) in [7, 11) is 0. The van der Waals surface area contributed by atoms with Gasteiger partial charge in [0.15, 0.2) is 0 Å². The molecule has 88 valence electrons. The third kappa shape index (κ3) is 3.30. The zero-order valence-electron chi connectivity index (χ0n) is 8.96. The molecule has 3 nitrogen and oxygen atoms in total. The summed E-state index contributed by atoms with van der Waals surface area (Å²) in [5, 5.41) is 6.33. The lowest BCUT2D eigenvalue weighted by atomic mass is 9.98. The van der Waals surface area contributed by atoms with Crippen molar-refractivity contribution in [3.63, 3.8) is 0 Å². The summed E-state index contributed by atoms with van der Waals surface area (Å²) in [6, 6.07) is 3.76. The van der Waals surface area contributed by atoms with E-state index in [0.717, 1.165) is 41.1 Å². The molecule has 0 aliphatic carbocycles. The normalized spacial score (nSPS) is 17.3. The van der Waals surface area contributed by atoms with Crippen molar-refractivity contribution in [3.8, 4) is 0 Å². The molecule has 2 heterocycles. The predicted octanol–water partition coefficient (Wildman–Crippen LogP) is 2.24. The van der Waals surface area contributed by atoms with Crippen LogP contribution in [0, 0.1) is 5.92 Å². The van der Waals surface area contributed by atoms with Gasteiger partial charge in [-0.15, -0.1) is 11.3 Å². The van der Waals surface area contributed by atoms with Crippen molar-refractivity contribution in [3.05, 3.63) is 20.8 Å². The van der Waals surface area contributed by atoms with Gasteiger partial charge < -0.3 is 10.6 Å². The van der Waals surface area contributed by atoms with E-state index in [1.54, 1.807) is 0 Å². The minimum atomic E-state index is 0.0502. The standard InChI is InChI=1S/C11H15BrN2OS/c12-10-2-1-9(16-10)11(15)14-7-8-3-5-13-6-4-8/h1-2,8,13H,3-7H2,(H,14,15). The summed E-state index contributed by atoms with van der Waals surface area (Å²) < 4.78 is 1.000. The average Bonchev–Trinajstić information content (AvgIpc) is 2.74. The third-order valence-electron chi connectivity index (χ3n) is 2.81. The number of halogens is 1. The van der Waals surface area contributed by atoms with E-state index in [1.807, 2.05) is 12.1 Å². The van der Waals surface area contributed by atoms with Crippen LogP contribution in [-0.2, 0) is 0 Å². The van der Waals surface area contributed by atoms with E-state index in [1.165, 1.54) is 11.3 Å². The van der Waals surface area contributed by atoms with E-state index < -0.39 is 0 Å². The lowest BCUT2D eigenvalue weighted by Crippen LogP contribution is -2.35. The molecule has 1 saturated heterocycles. The molecule has 0 aromatic carbocycles. The largest absolute Gasteiger partial charge is 0.351 e. The van der Waals surface area contributed by atoms with Crippen LogP contribution in [0.25, 0.3) is 0 Å². The number of rotatable bonds is 3. The summed E-state index contributed by atoms with van der Waals surface area (Å²) in [5.41, 5.74) is 0. The first-order chi connectivity index (χ1) is 7.75. The molecule has 1 amide bonds. The number of thiophene rings is 1. The Kier molecular flexibility index (Phi) is 4.37. The second-order valence-electron chi connectivity index (χ2n) is 4.01.